The molecule has 1 saturated heterocycles. The molecular formula is C25H28ClNO4. The highest BCUT2D eigenvalue weighted by Gasteiger charge is 2.44. The van der Waals surface area contributed by atoms with Gasteiger partial charge in [0, 0.05) is 31.0 Å². The molecule has 1 amide bonds. The third kappa shape index (κ3) is 4.16. The molecule has 1 spiro atoms. The number of Topliss-reactive ketones (excluding diaryl/α,β-unsaturated/α-hetero) is 1. The van der Waals surface area contributed by atoms with Crippen LogP contribution < -0.4 is 9.47 Å². The number of hydrogen-bond donors (Lipinski definition) is 0. The van der Waals surface area contributed by atoms with Crippen molar-refractivity contribution in [1.29, 1.82) is 0 Å². The minimum absolute atomic E-state index is 0.0123. The maximum absolute atomic E-state index is 12.8. The average Bonchev–Trinajstić information content (AvgIpc) is 2.72. The summed E-state index contributed by atoms with van der Waals surface area (Å²) >= 11 is 6.12. The number of carbonyl (C=O) groups excluding carboxylic acids is 2. The molecular weight excluding hydrogens is 414 g/mol. The van der Waals surface area contributed by atoms with E-state index in [-0.39, 0.29) is 18.3 Å². The lowest BCUT2D eigenvalue weighted by Gasteiger charge is -2.44. The van der Waals surface area contributed by atoms with Crippen molar-refractivity contribution in [3.8, 4) is 11.5 Å². The number of nitrogens with zero attached hydrogens (tertiary/aromatic N) is 1. The Hall–Kier alpha value is -2.53. The predicted molar refractivity (Wildman–Crippen MR) is 120 cm³/mol. The number of likely N-dealkylation sites (tertiary alicyclic amines) is 1. The zero-order valence-corrected chi connectivity index (χ0v) is 19.3. The van der Waals surface area contributed by atoms with Gasteiger partial charge in [-0.3, -0.25) is 9.59 Å². The van der Waals surface area contributed by atoms with Gasteiger partial charge in [-0.2, -0.15) is 0 Å². The molecule has 0 N–H and O–H groups in total. The van der Waals surface area contributed by atoms with Gasteiger partial charge in [0.1, 0.15) is 17.1 Å². The molecule has 5 nitrogen and oxygen atoms in total. The molecule has 0 aromatic heterocycles. The van der Waals surface area contributed by atoms with E-state index in [1.54, 1.807) is 6.07 Å². The Kier molecular flexibility index (Phi) is 5.73. The first-order valence-corrected chi connectivity index (χ1v) is 11.1. The van der Waals surface area contributed by atoms with Crippen molar-refractivity contribution < 1.29 is 19.1 Å². The van der Waals surface area contributed by atoms with E-state index in [0.29, 0.717) is 48.7 Å². The van der Waals surface area contributed by atoms with Gasteiger partial charge < -0.3 is 14.4 Å². The average molecular weight is 442 g/mol. The number of halogens is 1. The number of aryl methyl sites for hydroxylation is 3. The predicted octanol–water partition coefficient (Wildman–Crippen LogP) is 4.98. The molecule has 2 aromatic rings. The molecule has 0 bridgehead atoms. The summed E-state index contributed by atoms with van der Waals surface area (Å²) in [7, 11) is 0. The van der Waals surface area contributed by atoms with Gasteiger partial charge in [0.25, 0.3) is 5.91 Å². The molecule has 2 heterocycles. The number of rotatable bonds is 3. The van der Waals surface area contributed by atoms with Crippen LogP contribution in [0.5, 0.6) is 11.5 Å². The monoisotopic (exact) mass is 441 g/mol. The second-order valence-corrected chi connectivity index (χ2v) is 9.24. The largest absolute Gasteiger partial charge is 0.486 e. The molecule has 2 aromatic carbocycles. The molecule has 0 aliphatic carbocycles. The van der Waals surface area contributed by atoms with Crippen LogP contribution in [-0.4, -0.2) is 41.9 Å². The lowest BCUT2D eigenvalue weighted by atomic mass is 9.82. The summed E-state index contributed by atoms with van der Waals surface area (Å²) in [5.41, 5.74) is 4.11. The van der Waals surface area contributed by atoms with E-state index in [1.807, 2.05) is 44.7 Å². The summed E-state index contributed by atoms with van der Waals surface area (Å²) in [6, 6.07) is 7.57. The summed E-state index contributed by atoms with van der Waals surface area (Å²) < 4.78 is 12.3. The van der Waals surface area contributed by atoms with Crippen LogP contribution in [0.25, 0.3) is 0 Å². The molecule has 0 unspecified atom stereocenters. The van der Waals surface area contributed by atoms with Crippen LogP contribution in [-0.2, 0) is 4.79 Å². The summed E-state index contributed by atoms with van der Waals surface area (Å²) in [4.78, 5) is 27.4. The normalized spacial score (nSPS) is 17.3. The molecule has 0 saturated carbocycles. The van der Waals surface area contributed by atoms with Gasteiger partial charge in [0.05, 0.1) is 12.0 Å². The van der Waals surface area contributed by atoms with Gasteiger partial charge in [-0.05, 0) is 62.1 Å². The number of fused-ring (bicyclic) bond motifs is 1. The fraction of sp³-hybridized carbons (Fsp3) is 0.440. The van der Waals surface area contributed by atoms with Crippen LogP contribution in [0.1, 0.15) is 51.9 Å². The van der Waals surface area contributed by atoms with Crippen molar-refractivity contribution >= 4 is 23.3 Å². The lowest BCUT2D eigenvalue weighted by Crippen LogP contribution is -2.53. The number of carbonyl (C=O) groups is 2. The number of amides is 1. The Morgan fingerprint density at radius 2 is 1.77 bits per heavy atom. The van der Waals surface area contributed by atoms with E-state index in [4.69, 9.17) is 21.1 Å². The number of ether oxygens (including phenoxy) is 2. The smallest absolute Gasteiger partial charge is 0.260 e. The third-order valence-corrected chi connectivity index (χ3v) is 6.80. The minimum atomic E-state index is -0.552. The standard InChI is InChI=1S/C25H28ClNO4/c1-15-5-6-16(2)23(18(15)4)30-14-22(29)27-9-7-25(8-10-27)13-21(28)20-12-19(26)11-17(3)24(20)31-25/h5-6,11-12H,7-10,13-14H2,1-4H3. The van der Waals surface area contributed by atoms with Gasteiger partial charge in [-0.25, -0.2) is 0 Å². The Morgan fingerprint density at radius 1 is 1.10 bits per heavy atom. The van der Waals surface area contributed by atoms with E-state index in [0.717, 1.165) is 28.0 Å². The number of piperidine rings is 1. The third-order valence-electron chi connectivity index (χ3n) is 6.58. The molecule has 0 radical (unpaired) electrons. The topological polar surface area (TPSA) is 55.8 Å². The number of benzene rings is 2. The molecule has 6 heteroatoms. The first-order chi connectivity index (χ1) is 14.7. The molecule has 2 aliphatic heterocycles. The second kappa shape index (κ2) is 8.19. The Morgan fingerprint density at radius 3 is 2.48 bits per heavy atom. The maximum Gasteiger partial charge on any atom is 0.260 e. The van der Waals surface area contributed by atoms with Gasteiger partial charge in [0.15, 0.2) is 12.4 Å². The van der Waals surface area contributed by atoms with Crippen molar-refractivity contribution in [1.82, 2.24) is 4.90 Å². The first kappa shape index (κ1) is 21.7. The fourth-order valence-electron chi connectivity index (χ4n) is 4.53. The van der Waals surface area contributed by atoms with E-state index >= 15 is 0 Å². The van der Waals surface area contributed by atoms with Crippen molar-refractivity contribution in [2.24, 2.45) is 0 Å². The van der Waals surface area contributed by atoms with Crippen LogP contribution in [0.3, 0.4) is 0 Å². The van der Waals surface area contributed by atoms with Crippen LogP contribution >= 0.6 is 11.6 Å². The summed E-state index contributed by atoms with van der Waals surface area (Å²) in [6.07, 6.45) is 1.56. The lowest BCUT2D eigenvalue weighted by molar-refractivity contribution is -0.137. The van der Waals surface area contributed by atoms with Crippen LogP contribution in [0.4, 0.5) is 0 Å². The molecule has 164 valence electrons. The molecule has 0 atom stereocenters. The van der Waals surface area contributed by atoms with E-state index in [1.165, 1.54) is 0 Å². The Bertz CT molecular complexity index is 1050. The summed E-state index contributed by atoms with van der Waals surface area (Å²) in [5, 5.41) is 0.545. The molecule has 2 aliphatic rings. The Balaban J connectivity index is 1.40. The summed E-state index contributed by atoms with van der Waals surface area (Å²) in [5.74, 6) is 1.43. The second-order valence-electron chi connectivity index (χ2n) is 8.81. The summed E-state index contributed by atoms with van der Waals surface area (Å²) in [6.45, 7) is 9.04. The fourth-order valence-corrected chi connectivity index (χ4v) is 4.80. The van der Waals surface area contributed by atoms with Gasteiger partial charge >= 0.3 is 0 Å². The SMILES string of the molecule is Cc1ccc(C)c(OCC(=O)N2CCC3(CC2)CC(=O)c2cc(Cl)cc(C)c2O3)c1C. The van der Waals surface area contributed by atoms with Crippen LogP contribution in [0, 0.1) is 27.7 Å². The zero-order valence-electron chi connectivity index (χ0n) is 18.5. The zero-order chi connectivity index (χ0) is 22.3. The minimum Gasteiger partial charge on any atom is -0.486 e. The van der Waals surface area contributed by atoms with Crippen LogP contribution in [0.15, 0.2) is 24.3 Å². The Labute approximate surface area is 188 Å². The number of hydrogen-bond acceptors (Lipinski definition) is 4. The highest BCUT2D eigenvalue weighted by atomic mass is 35.5. The number of ketones is 1. The van der Waals surface area contributed by atoms with Gasteiger partial charge in [-0.15, -0.1) is 0 Å². The maximum atomic E-state index is 12.8. The van der Waals surface area contributed by atoms with Gasteiger partial charge in [-0.1, -0.05) is 23.7 Å². The van der Waals surface area contributed by atoms with Crippen LogP contribution in [0.2, 0.25) is 5.02 Å². The van der Waals surface area contributed by atoms with E-state index in [9.17, 15) is 9.59 Å². The molecule has 4 rings (SSSR count). The van der Waals surface area contributed by atoms with E-state index < -0.39 is 5.60 Å². The molecule has 1 fully saturated rings. The van der Waals surface area contributed by atoms with Crippen molar-refractivity contribution in [2.45, 2.75) is 52.6 Å². The molecule has 31 heavy (non-hydrogen) atoms. The first-order valence-electron chi connectivity index (χ1n) is 10.7. The quantitative estimate of drug-likeness (QED) is 0.674. The highest BCUT2D eigenvalue weighted by molar-refractivity contribution is 6.31. The van der Waals surface area contributed by atoms with E-state index in [2.05, 4.69) is 6.07 Å². The van der Waals surface area contributed by atoms with Gasteiger partial charge in [0.2, 0.25) is 0 Å². The van der Waals surface area contributed by atoms with Crippen molar-refractivity contribution in [3.05, 3.63) is 57.1 Å². The highest BCUT2D eigenvalue weighted by Crippen LogP contribution is 2.42. The van der Waals surface area contributed by atoms with Crippen molar-refractivity contribution in [2.75, 3.05) is 19.7 Å². The van der Waals surface area contributed by atoms with Crippen molar-refractivity contribution in [3.63, 3.8) is 0 Å².